The number of alkyl halides is 1. The molecule has 1 unspecified atom stereocenters. The Kier molecular flexibility index (Phi) is 4.84. The first-order valence-corrected chi connectivity index (χ1v) is 8.10. The van der Waals surface area contributed by atoms with Gasteiger partial charge in [-0.05, 0) is 49.6 Å². The lowest BCUT2D eigenvalue weighted by molar-refractivity contribution is 0.0914. The zero-order chi connectivity index (χ0) is 15.5. The van der Waals surface area contributed by atoms with E-state index in [2.05, 4.69) is 21.2 Å². The van der Waals surface area contributed by atoms with Crippen LogP contribution in [0.5, 0.6) is 0 Å². The lowest BCUT2D eigenvalue weighted by Crippen LogP contribution is -2.44. The van der Waals surface area contributed by atoms with Crippen molar-refractivity contribution in [3.8, 4) is 0 Å². The summed E-state index contributed by atoms with van der Waals surface area (Å²) in [5.74, 6) is -0.0519. The number of carbonyl (C=O) groups excluding carboxylic acids is 1. The number of benzene rings is 2. The molecule has 0 radical (unpaired) electrons. The van der Waals surface area contributed by atoms with E-state index in [1.165, 1.54) is 5.56 Å². The Morgan fingerprint density at radius 3 is 2.33 bits per heavy atom. The fourth-order valence-electron chi connectivity index (χ4n) is 2.19. The molecule has 110 valence electrons. The van der Waals surface area contributed by atoms with Gasteiger partial charge in [-0.25, -0.2) is 0 Å². The summed E-state index contributed by atoms with van der Waals surface area (Å²) < 4.78 is 0. The van der Waals surface area contributed by atoms with Crippen LogP contribution in [0.3, 0.4) is 0 Å². The number of rotatable bonds is 4. The first kappa shape index (κ1) is 15.8. The van der Waals surface area contributed by atoms with Crippen LogP contribution >= 0.6 is 15.9 Å². The van der Waals surface area contributed by atoms with Crippen molar-refractivity contribution in [2.45, 2.75) is 26.3 Å². The molecule has 0 aliphatic carbocycles. The smallest absolute Gasteiger partial charge is 0.252 e. The second kappa shape index (κ2) is 6.44. The highest BCUT2D eigenvalue weighted by atomic mass is 79.9. The minimum Gasteiger partial charge on any atom is -0.342 e. The molecule has 0 aliphatic heterocycles. The maximum atomic E-state index is 12.5. The molecular weight excluding hydrogens is 326 g/mol. The average Bonchev–Trinajstić information content (AvgIpc) is 2.50. The Morgan fingerprint density at radius 1 is 1.10 bits per heavy atom. The number of nitrogens with one attached hydrogen (secondary N) is 1. The lowest BCUT2D eigenvalue weighted by atomic mass is 9.93. The fourth-order valence-corrected chi connectivity index (χ4v) is 2.66. The summed E-state index contributed by atoms with van der Waals surface area (Å²) in [6, 6.07) is 15.8. The van der Waals surface area contributed by atoms with E-state index in [0.29, 0.717) is 10.9 Å². The summed E-state index contributed by atoms with van der Waals surface area (Å²) in [5.41, 5.74) is 3.66. The highest BCUT2D eigenvalue weighted by molar-refractivity contribution is 9.09. The predicted octanol–water partition coefficient (Wildman–Crippen LogP) is 4.34. The SMILES string of the molecule is Cc1ccc(C(=O)NC(C)(CBr)c2ccccc2)cc1C. The van der Waals surface area contributed by atoms with Gasteiger partial charge >= 0.3 is 0 Å². The van der Waals surface area contributed by atoms with Crippen LogP contribution in [-0.4, -0.2) is 11.2 Å². The third-order valence-corrected chi connectivity index (χ3v) is 4.96. The standard InChI is InChI=1S/C18H20BrNO/c1-13-9-10-15(11-14(13)2)17(21)20-18(3,12-19)16-7-5-4-6-8-16/h4-11H,12H2,1-3H3,(H,20,21). The van der Waals surface area contributed by atoms with Crippen LogP contribution < -0.4 is 5.32 Å². The topological polar surface area (TPSA) is 29.1 Å². The molecule has 0 bridgehead atoms. The maximum Gasteiger partial charge on any atom is 0.252 e. The second-order valence-electron chi connectivity index (χ2n) is 5.58. The number of halogens is 1. The lowest BCUT2D eigenvalue weighted by Gasteiger charge is -2.29. The van der Waals surface area contributed by atoms with Gasteiger partial charge in [-0.15, -0.1) is 0 Å². The van der Waals surface area contributed by atoms with Crippen LogP contribution in [0.25, 0.3) is 0 Å². The first-order valence-electron chi connectivity index (χ1n) is 6.97. The van der Waals surface area contributed by atoms with E-state index in [-0.39, 0.29) is 5.91 Å². The minimum absolute atomic E-state index is 0.0519. The van der Waals surface area contributed by atoms with Crippen molar-refractivity contribution in [2.24, 2.45) is 0 Å². The van der Waals surface area contributed by atoms with Crippen LogP contribution in [0, 0.1) is 13.8 Å². The molecule has 0 heterocycles. The molecule has 1 atom stereocenters. The summed E-state index contributed by atoms with van der Waals surface area (Å²) in [7, 11) is 0. The van der Waals surface area contributed by atoms with E-state index in [9.17, 15) is 4.79 Å². The molecule has 0 saturated carbocycles. The van der Waals surface area contributed by atoms with Crippen LogP contribution in [0.2, 0.25) is 0 Å². The molecule has 1 amide bonds. The van der Waals surface area contributed by atoms with Gasteiger partial charge in [-0.3, -0.25) is 4.79 Å². The number of hydrogen-bond acceptors (Lipinski definition) is 1. The number of amides is 1. The van der Waals surface area contributed by atoms with E-state index >= 15 is 0 Å². The van der Waals surface area contributed by atoms with Crippen molar-refractivity contribution in [1.29, 1.82) is 0 Å². The molecule has 2 nitrogen and oxygen atoms in total. The molecule has 2 aromatic rings. The van der Waals surface area contributed by atoms with Gasteiger partial charge in [0.2, 0.25) is 0 Å². The van der Waals surface area contributed by atoms with Crippen LogP contribution in [0.1, 0.15) is 34.0 Å². The average molecular weight is 346 g/mol. The highest BCUT2D eigenvalue weighted by Gasteiger charge is 2.27. The molecule has 0 saturated heterocycles. The van der Waals surface area contributed by atoms with E-state index < -0.39 is 5.54 Å². The third kappa shape index (κ3) is 3.53. The number of aryl methyl sites for hydroxylation is 2. The van der Waals surface area contributed by atoms with Crippen molar-refractivity contribution < 1.29 is 4.79 Å². The fraction of sp³-hybridized carbons (Fsp3) is 0.278. The molecule has 21 heavy (non-hydrogen) atoms. The summed E-state index contributed by atoms with van der Waals surface area (Å²) in [5, 5.41) is 3.79. The van der Waals surface area contributed by atoms with Gasteiger partial charge in [0, 0.05) is 10.9 Å². The van der Waals surface area contributed by atoms with E-state index in [1.54, 1.807) is 0 Å². The summed E-state index contributed by atoms with van der Waals surface area (Å²) >= 11 is 3.52. The monoisotopic (exact) mass is 345 g/mol. The van der Waals surface area contributed by atoms with Crippen molar-refractivity contribution in [3.05, 3.63) is 70.8 Å². The van der Waals surface area contributed by atoms with Crippen LogP contribution in [0.4, 0.5) is 0 Å². The molecule has 0 fully saturated rings. The predicted molar refractivity (Wildman–Crippen MR) is 91.0 cm³/mol. The molecule has 0 aromatic heterocycles. The van der Waals surface area contributed by atoms with Gasteiger partial charge in [0.1, 0.15) is 0 Å². The van der Waals surface area contributed by atoms with Crippen LogP contribution in [-0.2, 0) is 5.54 Å². The number of hydrogen-bond donors (Lipinski definition) is 1. The van der Waals surface area contributed by atoms with Crippen molar-refractivity contribution in [3.63, 3.8) is 0 Å². The zero-order valence-electron chi connectivity index (χ0n) is 12.6. The molecule has 0 aliphatic rings. The molecular formula is C18H20BrNO. The normalized spacial score (nSPS) is 13.5. The van der Waals surface area contributed by atoms with Crippen LogP contribution in [0.15, 0.2) is 48.5 Å². The van der Waals surface area contributed by atoms with Gasteiger partial charge in [-0.2, -0.15) is 0 Å². The Labute approximate surface area is 134 Å². The van der Waals surface area contributed by atoms with Crippen molar-refractivity contribution in [1.82, 2.24) is 5.32 Å². The zero-order valence-corrected chi connectivity index (χ0v) is 14.2. The molecule has 1 N–H and O–H groups in total. The first-order chi connectivity index (χ1) is 9.96. The van der Waals surface area contributed by atoms with E-state index in [4.69, 9.17) is 0 Å². The van der Waals surface area contributed by atoms with Gasteiger partial charge in [0.25, 0.3) is 5.91 Å². The van der Waals surface area contributed by atoms with Gasteiger partial charge in [0.05, 0.1) is 5.54 Å². The Bertz CT molecular complexity index is 639. The quantitative estimate of drug-likeness (QED) is 0.820. The number of carbonyl (C=O) groups is 1. The minimum atomic E-state index is -0.433. The van der Waals surface area contributed by atoms with Gasteiger partial charge < -0.3 is 5.32 Å². The Morgan fingerprint density at radius 2 is 1.76 bits per heavy atom. The van der Waals surface area contributed by atoms with Gasteiger partial charge in [-0.1, -0.05) is 52.3 Å². The molecule has 2 rings (SSSR count). The highest BCUT2D eigenvalue weighted by Crippen LogP contribution is 2.23. The molecule has 0 spiro atoms. The summed E-state index contributed by atoms with van der Waals surface area (Å²) in [4.78, 5) is 12.5. The maximum absolute atomic E-state index is 12.5. The third-order valence-electron chi connectivity index (χ3n) is 3.84. The molecule has 3 heteroatoms. The summed E-state index contributed by atoms with van der Waals surface area (Å²) in [6.45, 7) is 6.09. The molecule has 2 aromatic carbocycles. The summed E-state index contributed by atoms with van der Waals surface area (Å²) in [6.07, 6.45) is 0. The van der Waals surface area contributed by atoms with Gasteiger partial charge in [0.15, 0.2) is 0 Å². The largest absolute Gasteiger partial charge is 0.342 e. The van der Waals surface area contributed by atoms with Crippen molar-refractivity contribution in [2.75, 3.05) is 5.33 Å². The van der Waals surface area contributed by atoms with E-state index in [0.717, 1.165) is 11.1 Å². The van der Waals surface area contributed by atoms with Crippen molar-refractivity contribution >= 4 is 21.8 Å². The Balaban J connectivity index is 2.26. The Hall–Kier alpha value is -1.61. The van der Waals surface area contributed by atoms with E-state index in [1.807, 2.05) is 69.3 Å². The second-order valence-corrected chi connectivity index (χ2v) is 6.15.